The standard InChI is InChI=1S/C18H18N8O2/c1-18(2,3)25-10-21-14(24-25)17(28)23-11-4-6-12(7-5-11)26-15-13(8-22-26)16(27)20-9-19-15/h4-10H,1-3H3,(H,23,28)(H,19,20,27). The van der Waals surface area contributed by atoms with Crippen LogP contribution in [0.5, 0.6) is 0 Å². The second-order valence-corrected chi connectivity index (χ2v) is 7.21. The number of fused-ring (bicyclic) bond motifs is 1. The van der Waals surface area contributed by atoms with Gasteiger partial charge < -0.3 is 10.3 Å². The molecule has 0 bridgehead atoms. The van der Waals surface area contributed by atoms with Crippen molar-refractivity contribution in [1.82, 2.24) is 34.5 Å². The predicted octanol–water partition coefficient (Wildman–Crippen LogP) is 1.71. The number of hydrogen-bond donors (Lipinski definition) is 2. The number of aromatic nitrogens is 7. The van der Waals surface area contributed by atoms with Crippen molar-refractivity contribution in [3.63, 3.8) is 0 Å². The summed E-state index contributed by atoms with van der Waals surface area (Å²) in [5, 5.41) is 11.6. The summed E-state index contributed by atoms with van der Waals surface area (Å²) in [6, 6.07) is 7.00. The van der Waals surface area contributed by atoms with Crippen molar-refractivity contribution >= 4 is 22.6 Å². The number of benzene rings is 1. The molecule has 3 heterocycles. The first-order chi connectivity index (χ1) is 13.3. The molecule has 0 atom stereocenters. The van der Waals surface area contributed by atoms with Crippen molar-refractivity contribution < 1.29 is 4.79 Å². The zero-order chi connectivity index (χ0) is 19.9. The number of anilines is 1. The molecule has 0 aliphatic rings. The van der Waals surface area contributed by atoms with Gasteiger partial charge in [-0.3, -0.25) is 9.59 Å². The van der Waals surface area contributed by atoms with E-state index in [1.807, 2.05) is 20.8 Å². The normalized spacial score (nSPS) is 11.7. The summed E-state index contributed by atoms with van der Waals surface area (Å²) < 4.78 is 3.20. The average molecular weight is 378 g/mol. The van der Waals surface area contributed by atoms with Gasteiger partial charge in [-0.1, -0.05) is 0 Å². The molecule has 1 amide bonds. The number of carbonyl (C=O) groups excluding carboxylic acids is 1. The van der Waals surface area contributed by atoms with Gasteiger partial charge in [-0.05, 0) is 45.0 Å². The van der Waals surface area contributed by atoms with Crippen molar-refractivity contribution in [2.75, 3.05) is 5.32 Å². The minimum absolute atomic E-state index is 0.0977. The fourth-order valence-corrected chi connectivity index (χ4v) is 2.61. The van der Waals surface area contributed by atoms with Gasteiger partial charge in [-0.25, -0.2) is 19.3 Å². The monoisotopic (exact) mass is 378 g/mol. The molecule has 142 valence electrons. The highest BCUT2D eigenvalue weighted by molar-refractivity contribution is 6.01. The molecule has 0 aliphatic heterocycles. The maximum absolute atomic E-state index is 12.4. The van der Waals surface area contributed by atoms with E-state index in [1.54, 1.807) is 33.6 Å². The van der Waals surface area contributed by atoms with Gasteiger partial charge in [0, 0.05) is 5.69 Å². The Bertz CT molecular complexity index is 1210. The number of H-pyrrole nitrogens is 1. The van der Waals surface area contributed by atoms with Crippen LogP contribution in [0.4, 0.5) is 5.69 Å². The number of carbonyl (C=O) groups is 1. The first-order valence-corrected chi connectivity index (χ1v) is 8.58. The zero-order valence-electron chi connectivity index (χ0n) is 15.5. The predicted molar refractivity (Wildman–Crippen MR) is 102 cm³/mol. The van der Waals surface area contributed by atoms with Crippen LogP contribution >= 0.6 is 0 Å². The van der Waals surface area contributed by atoms with E-state index in [0.717, 1.165) is 0 Å². The van der Waals surface area contributed by atoms with Crippen molar-refractivity contribution in [1.29, 1.82) is 0 Å². The van der Waals surface area contributed by atoms with Gasteiger partial charge in [0.2, 0.25) is 5.82 Å². The lowest BCUT2D eigenvalue weighted by Crippen LogP contribution is -2.23. The molecule has 0 fully saturated rings. The molecule has 2 N–H and O–H groups in total. The van der Waals surface area contributed by atoms with E-state index < -0.39 is 5.91 Å². The quantitative estimate of drug-likeness (QED) is 0.559. The summed E-state index contributed by atoms with van der Waals surface area (Å²) in [4.78, 5) is 34.9. The zero-order valence-corrected chi connectivity index (χ0v) is 15.5. The number of amides is 1. The number of nitrogens with one attached hydrogen (secondary N) is 2. The molecule has 4 aromatic rings. The minimum atomic E-state index is -0.395. The second kappa shape index (κ2) is 6.41. The van der Waals surface area contributed by atoms with Crippen molar-refractivity contribution in [2.45, 2.75) is 26.3 Å². The molecular weight excluding hydrogens is 360 g/mol. The Balaban J connectivity index is 1.55. The second-order valence-electron chi connectivity index (χ2n) is 7.21. The third-order valence-corrected chi connectivity index (χ3v) is 4.12. The Morgan fingerprint density at radius 3 is 2.57 bits per heavy atom. The first-order valence-electron chi connectivity index (χ1n) is 8.58. The average Bonchev–Trinajstić information content (AvgIpc) is 3.30. The first kappa shape index (κ1) is 17.6. The van der Waals surface area contributed by atoms with Crippen LogP contribution < -0.4 is 10.9 Å². The Kier molecular flexibility index (Phi) is 4.03. The van der Waals surface area contributed by atoms with Crippen LogP contribution in [0.1, 0.15) is 31.4 Å². The van der Waals surface area contributed by atoms with Crippen LogP contribution in [-0.2, 0) is 5.54 Å². The Hall–Kier alpha value is -3.82. The highest BCUT2D eigenvalue weighted by Crippen LogP contribution is 2.17. The molecule has 10 nitrogen and oxygen atoms in total. The smallest absolute Gasteiger partial charge is 0.295 e. The van der Waals surface area contributed by atoms with Crippen molar-refractivity contribution in [3.05, 3.63) is 59.3 Å². The molecule has 1 aromatic carbocycles. The van der Waals surface area contributed by atoms with E-state index in [0.29, 0.717) is 22.4 Å². The summed E-state index contributed by atoms with van der Waals surface area (Å²) >= 11 is 0. The van der Waals surface area contributed by atoms with Crippen LogP contribution in [0.15, 0.2) is 47.9 Å². The Morgan fingerprint density at radius 1 is 1.14 bits per heavy atom. The summed E-state index contributed by atoms with van der Waals surface area (Å²) in [6.45, 7) is 5.93. The Labute approximate surface area is 159 Å². The van der Waals surface area contributed by atoms with Crippen LogP contribution in [-0.4, -0.2) is 40.4 Å². The lowest BCUT2D eigenvalue weighted by molar-refractivity contribution is 0.101. The molecule has 0 aliphatic carbocycles. The summed E-state index contributed by atoms with van der Waals surface area (Å²) in [6.07, 6.45) is 4.34. The van der Waals surface area contributed by atoms with E-state index in [2.05, 4.69) is 30.5 Å². The van der Waals surface area contributed by atoms with E-state index in [4.69, 9.17) is 0 Å². The third kappa shape index (κ3) is 3.15. The van der Waals surface area contributed by atoms with Gasteiger partial charge in [0.1, 0.15) is 11.7 Å². The molecule has 0 unspecified atom stereocenters. The fourth-order valence-electron chi connectivity index (χ4n) is 2.61. The maximum Gasteiger partial charge on any atom is 0.295 e. The Morgan fingerprint density at radius 2 is 1.89 bits per heavy atom. The van der Waals surface area contributed by atoms with Gasteiger partial charge in [0.05, 0.1) is 23.8 Å². The van der Waals surface area contributed by atoms with Gasteiger partial charge in [-0.15, -0.1) is 5.10 Å². The van der Waals surface area contributed by atoms with E-state index in [-0.39, 0.29) is 16.9 Å². The SMILES string of the molecule is CC(C)(C)n1cnc(C(=O)Nc2ccc(-n3ncc4c(=O)[nH]cnc43)cc2)n1. The van der Waals surface area contributed by atoms with E-state index in [9.17, 15) is 9.59 Å². The summed E-state index contributed by atoms with van der Waals surface area (Å²) in [5.41, 5.74) is 1.25. The highest BCUT2D eigenvalue weighted by atomic mass is 16.2. The largest absolute Gasteiger partial charge is 0.319 e. The van der Waals surface area contributed by atoms with Crippen LogP contribution in [0.2, 0.25) is 0 Å². The molecule has 0 saturated carbocycles. The minimum Gasteiger partial charge on any atom is -0.319 e. The van der Waals surface area contributed by atoms with Gasteiger partial charge >= 0.3 is 0 Å². The lowest BCUT2D eigenvalue weighted by Gasteiger charge is -2.17. The van der Waals surface area contributed by atoms with Crippen molar-refractivity contribution in [3.8, 4) is 5.69 Å². The lowest BCUT2D eigenvalue weighted by atomic mass is 10.1. The molecule has 4 rings (SSSR count). The summed E-state index contributed by atoms with van der Waals surface area (Å²) in [5.74, 6) is -0.297. The molecular formula is C18H18N8O2. The topological polar surface area (TPSA) is 123 Å². The van der Waals surface area contributed by atoms with Gasteiger partial charge in [0.25, 0.3) is 11.5 Å². The summed E-state index contributed by atoms with van der Waals surface area (Å²) in [7, 11) is 0. The van der Waals surface area contributed by atoms with Crippen LogP contribution in [0.25, 0.3) is 16.7 Å². The number of aromatic amines is 1. The van der Waals surface area contributed by atoms with Gasteiger partial charge in [0.15, 0.2) is 5.65 Å². The molecule has 0 spiro atoms. The third-order valence-electron chi connectivity index (χ3n) is 4.12. The van der Waals surface area contributed by atoms with E-state index in [1.165, 1.54) is 18.9 Å². The number of rotatable bonds is 3. The van der Waals surface area contributed by atoms with Crippen LogP contribution in [0.3, 0.4) is 0 Å². The van der Waals surface area contributed by atoms with Crippen molar-refractivity contribution in [2.24, 2.45) is 0 Å². The molecule has 3 aromatic heterocycles. The highest BCUT2D eigenvalue weighted by Gasteiger charge is 2.18. The van der Waals surface area contributed by atoms with E-state index >= 15 is 0 Å². The number of nitrogens with zero attached hydrogens (tertiary/aromatic N) is 6. The molecule has 28 heavy (non-hydrogen) atoms. The number of hydrogen-bond acceptors (Lipinski definition) is 6. The molecule has 10 heteroatoms. The fraction of sp³-hybridized carbons (Fsp3) is 0.222. The maximum atomic E-state index is 12.4. The molecule has 0 saturated heterocycles. The molecule has 0 radical (unpaired) electrons. The van der Waals surface area contributed by atoms with Gasteiger partial charge in [-0.2, -0.15) is 5.10 Å². The van der Waals surface area contributed by atoms with Crippen LogP contribution in [0, 0.1) is 0 Å².